The Hall–Kier alpha value is -4.72. The van der Waals surface area contributed by atoms with Crippen LogP contribution in [-0.2, 0) is 10.4 Å². The highest BCUT2D eigenvalue weighted by Crippen LogP contribution is 2.51. The van der Waals surface area contributed by atoms with E-state index in [9.17, 15) is 19.8 Å². The standard InChI is InChI=1S/C33H28N2O5/c1-22(11-9-10-20-36)33(39)26-21-24(18-19-27(26)35(32(33)38)23-12-3-2-4-13-23)34-28-15-6-8-17-30(28)40-29-16-7-5-14-25(29)31(34)37/h2-9,11-19,21-22,36,39H,10,20H2,1H3/b11-9+/t22-,33+/m1/s1. The molecule has 0 fully saturated rings. The third kappa shape index (κ3) is 3.99. The zero-order chi connectivity index (χ0) is 27.9. The number of amides is 2. The normalized spacial score (nSPS) is 18.7. The van der Waals surface area contributed by atoms with Gasteiger partial charge in [0, 0.05) is 29.5 Å². The molecule has 0 radical (unpaired) electrons. The number of aliphatic hydroxyl groups excluding tert-OH is 1. The molecule has 0 unspecified atom stereocenters. The minimum Gasteiger partial charge on any atom is -0.454 e. The van der Waals surface area contributed by atoms with Crippen molar-refractivity contribution in [2.75, 3.05) is 16.4 Å². The molecule has 0 saturated heterocycles. The van der Waals surface area contributed by atoms with Gasteiger partial charge in [0.05, 0.1) is 16.9 Å². The first kappa shape index (κ1) is 25.6. The molecule has 2 aliphatic rings. The number of para-hydroxylation sites is 4. The zero-order valence-corrected chi connectivity index (χ0v) is 21.9. The maximum Gasteiger partial charge on any atom is 0.268 e. The van der Waals surface area contributed by atoms with Gasteiger partial charge < -0.3 is 14.9 Å². The van der Waals surface area contributed by atoms with E-state index in [1.807, 2.05) is 48.5 Å². The number of hydrogen-bond donors (Lipinski definition) is 2. The topological polar surface area (TPSA) is 90.3 Å². The highest BCUT2D eigenvalue weighted by Gasteiger charge is 2.53. The predicted molar refractivity (Wildman–Crippen MR) is 153 cm³/mol. The number of fused-ring (bicyclic) bond motifs is 3. The molecule has 7 nitrogen and oxygen atoms in total. The Balaban J connectivity index is 1.54. The van der Waals surface area contributed by atoms with Crippen molar-refractivity contribution < 1.29 is 24.5 Å². The average Bonchev–Trinajstić information content (AvgIpc) is 3.12. The number of hydrogen-bond acceptors (Lipinski definition) is 5. The summed E-state index contributed by atoms with van der Waals surface area (Å²) in [6.07, 6.45) is 3.91. The van der Waals surface area contributed by atoms with Crippen LogP contribution in [0.2, 0.25) is 0 Å². The van der Waals surface area contributed by atoms with Crippen LogP contribution in [0.1, 0.15) is 29.3 Å². The lowest BCUT2D eigenvalue weighted by molar-refractivity contribution is -0.138. The van der Waals surface area contributed by atoms with E-state index >= 15 is 0 Å². The fraction of sp³-hybridized carbons (Fsp3) is 0.152. The second kappa shape index (κ2) is 10.1. The molecule has 4 aromatic rings. The van der Waals surface area contributed by atoms with Gasteiger partial charge in [-0.15, -0.1) is 0 Å². The summed E-state index contributed by atoms with van der Waals surface area (Å²) in [5.74, 6) is -0.426. The molecule has 2 heterocycles. The summed E-state index contributed by atoms with van der Waals surface area (Å²) in [5, 5.41) is 21.4. The average molecular weight is 533 g/mol. The zero-order valence-electron chi connectivity index (χ0n) is 21.9. The van der Waals surface area contributed by atoms with E-state index in [-0.39, 0.29) is 12.5 Å². The molecule has 4 aromatic carbocycles. The molecule has 0 spiro atoms. The SMILES string of the molecule is C[C@H](/C=C/CCO)[C@@]1(O)C(=O)N(c2ccccc2)c2ccc(N3C(=O)c4ccccc4Oc4ccccc43)cc21. The van der Waals surface area contributed by atoms with E-state index in [0.29, 0.717) is 51.8 Å². The van der Waals surface area contributed by atoms with Crippen LogP contribution in [0.5, 0.6) is 11.5 Å². The van der Waals surface area contributed by atoms with E-state index in [1.54, 1.807) is 72.5 Å². The van der Waals surface area contributed by atoms with Gasteiger partial charge in [-0.3, -0.25) is 19.4 Å². The smallest absolute Gasteiger partial charge is 0.268 e. The molecule has 0 aromatic heterocycles. The molecule has 2 atom stereocenters. The van der Waals surface area contributed by atoms with Gasteiger partial charge in [-0.25, -0.2) is 0 Å². The van der Waals surface area contributed by atoms with Crippen molar-refractivity contribution in [1.29, 1.82) is 0 Å². The first-order chi connectivity index (χ1) is 19.4. The van der Waals surface area contributed by atoms with Gasteiger partial charge in [0.25, 0.3) is 11.8 Å². The summed E-state index contributed by atoms with van der Waals surface area (Å²) in [5.41, 5.74) is 1.09. The summed E-state index contributed by atoms with van der Waals surface area (Å²) >= 11 is 0. The number of ether oxygens (including phenoxy) is 1. The molecule has 6 rings (SSSR count). The fourth-order valence-electron chi connectivity index (χ4n) is 5.41. The van der Waals surface area contributed by atoms with Crippen LogP contribution in [0.3, 0.4) is 0 Å². The fourth-order valence-corrected chi connectivity index (χ4v) is 5.41. The monoisotopic (exact) mass is 532 g/mol. The second-order valence-corrected chi connectivity index (χ2v) is 9.88. The molecule has 7 heteroatoms. The summed E-state index contributed by atoms with van der Waals surface area (Å²) in [6, 6.07) is 28.8. The van der Waals surface area contributed by atoms with Crippen molar-refractivity contribution in [1.82, 2.24) is 0 Å². The lowest BCUT2D eigenvalue weighted by atomic mass is 9.82. The quantitative estimate of drug-likeness (QED) is 0.288. The van der Waals surface area contributed by atoms with Gasteiger partial charge in [-0.1, -0.05) is 61.5 Å². The largest absolute Gasteiger partial charge is 0.454 e. The Bertz CT molecular complexity index is 1630. The van der Waals surface area contributed by atoms with Gasteiger partial charge in [-0.2, -0.15) is 0 Å². The lowest BCUT2D eigenvalue weighted by Crippen LogP contribution is -2.42. The van der Waals surface area contributed by atoms with E-state index in [0.717, 1.165) is 0 Å². The second-order valence-electron chi connectivity index (χ2n) is 9.88. The molecule has 2 N–H and O–H groups in total. The van der Waals surface area contributed by atoms with Gasteiger partial charge in [0.15, 0.2) is 11.4 Å². The van der Waals surface area contributed by atoms with Crippen LogP contribution >= 0.6 is 0 Å². The van der Waals surface area contributed by atoms with Crippen LogP contribution in [0.25, 0.3) is 0 Å². The minimum atomic E-state index is -1.91. The Morgan fingerprint density at radius 1 is 0.825 bits per heavy atom. The third-order valence-electron chi connectivity index (χ3n) is 7.46. The molecular weight excluding hydrogens is 504 g/mol. The minimum absolute atomic E-state index is 0.0352. The molecule has 0 bridgehead atoms. The number of carbonyl (C=O) groups is 2. The van der Waals surface area contributed by atoms with Crippen molar-refractivity contribution in [3.8, 4) is 11.5 Å². The van der Waals surface area contributed by atoms with Crippen LogP contribution in [0.15, 0.2) is 109 Å². The van der Waals surface area contributed by atoms with Crippen LogP contribution in [-0.4, -0.2) is 28.6 Å². The van der Waals surface area contributed by atoms with Crippen molar-refractivity contribution in [2.24, 2.45) is 5.92 Å². The van der Waals surface area contributed by atoms with Crippen LogP contribution < -0.4 is 14.5 Å². The number of carbonyl (C=O) groups excluding carboxylic acids is 2. The number of aliphatic hydroxyl groups is 2. The van der Waals surface area contributed by atoms with E-state index in [1.165, 1.54) is 4.90 Å². The number of anilines is 4. The summed E-state index contributed by atoms with van der Waals surface area (Å²) < 4.78 is 6.14. The first-order valence-electron chi connectivity index (χ1n) is 13.2. The maximum atomic E-state index is 14.0. The molecule has 0 saturated carbocycles. The van der Waals surface area contributed by atoms with Crippen molar-refractivity contribution in [3.63, 3.8) is 0 Å². The Labute approximate surface area is 232 Å². The highest BCUT2D eigenvalue weighted by atomic mass is 16.5. The van der Waals surface area contributed by atoms with Gasteiger partial charge >= 0.3 is 0 Å². The predicted octanol–water partition coefficient (Wildman–Crippen LogP) is 6.21. The third-order valence-corrected chi connectivity index (χ3v) is 7.46. The Morgan fingerprint density at radius 2 is 1.52 bits per heavy atom. The van der Waals surface area contributed by atoms with E-state index < -0.39 is 17.4 Å². The van der Waals surface area contributed by atoms with Crippen molar-refractivity contribution >= 4 is 34.6 Å². The van der Waals surface area contributed by atoms with Crippen LogP contribution in [0, 0.1) is 5.92 Å². The molecule has 2 aliphatic heterocycles. The Morgan fingerprint density at radius 3 is 2.30 bits per heavy atom. The molecule has 2 amide bonds. The van der Waals surface area contributed by atoms with Gasteiger partial charge in [-0.05, 0) is 61.0 Å². The lowest BCUT2D eigenvalue weighted by Gasteiger charge is -2.28. The van der Waals surface area contributed by atoms with Crippen molar-refractivity contribution in [3.05, 3.63) is 120 Å². The summed E-state index contributed by atoms with van der Waals surface area (Å²) in [6.45, 7) is 1.74. The Kier molecular flexibility index (Phi) is 6.46. The summed E-state index contributed by atoms with van der Waals surface area (Å²) in [7, 11) is 0. The molecule has 200 valence electrons. The number of nitrogens with zero attached hydrogens (tertiary/aromatic N) is 2. The van der Waals surface area contributed by atoms with Crippen LogP contribution in [0.4, 0.5) is 22.7 Å². The maximum absolute atomic E-state index is 14.0. The molecular formula is C33H28N2O5. The number of rotatable bonds is 6. The van der Waals surface area contributed by atoms with Gasteiger partial charge in [0.1, 0.15) is 5.75 Å². The highest BCUT2D eigenvalue weighted by molar-refractivity contribution is 6.16. The molecule has 40 heavy (non-hydrogen) atoms. The summed E-state index contributed by atoms with van der Waals surface area (Å²) in [4.78, 5) is 31.1. The van der Waals surface area contributed by atoms with Crippen molar-refractivity contribution in [2.45, 2.75) is 18.9 Å². The molecule has 0 aliphatic carbocycles. The number of benzene rings is 4. The first-order valence-corrected chi connectivity index (χ1v) is 13.2. The van der Waals surface area contributed by atoms with E-state index in [4.69, 9.17) is 4.74 Å². The van der Waals surface area contributed by atoms with Gasteiger partial charge in [0.2, 0.25) is 0 Å². The van der Waals surface area contributed by atoms with E-state index in [2.05, 4.69) is 0 Å².